The number of carbonyl (C=O) groups is 1. The van der Waals surface area contributed by atoms with Crippen molar-refractivity contribution in [2.75, 3.05) is 0 Å². The van der Waals surface area contributed by atoms with Crippen LogP contribution in [0.5, 0.6) is 5.75 Å². The average molecular weight is 304 g/mol. The Morgan fingerprint density at radius 3 is 2.45 bits per heavy atom. The summed E-state index contributed by atoms with van der Waals surface area (Å²) in [5.41, 5.74) is 1.09. The zero-order chi connectivity index (χ0) is 15.9. The lowest BCUT2D eigenvalue weighted by atomic mass is 10.1. The van der Waals surface area contributed by atoms with E-state index < -0.39 is 12.1 Å². The molecule has 2 N–H and O–H groups in total. The molecule has 0 aromatic heterocycles. The molecule has 0 heterocycles. The van der Waals surface area contributed by atoms with E-state index in [1.54, 1.807) is 42.5 Å². The van der Waals surface area contributed by atoms with E-state index in [1.807, 2.05) is 0 Å². The van der Waals surface area contributed by atoms with Crippen LogP contribution in [0, 0.1) is 5.82 Å². The molecule has 2 rings (SSSR count). The molecule has 0 aliphatic carbocycles. The van der Waals surface area contributed by atoms with Crippen molar-refractivity contribution in [1.29, 1.82) is 0 Å². The quantitative estimate of drug-likeness (QED) is 0.823. The lowest BCUT2D eigenvalue weighted by molar-refractivity contribution is -0.137. The Morgan fingerprint density at radius 1 is 1.14 bits per heavy atom. The Balaban J connectivity index is 1.91. The monoisotopic (exact) mass is 304 g/mol. The minimum Gasteiger partial charge on any atom is -0.489 e. The summed E-state index contributed by atoms with van der Waals surface area (Å²) in [6.07, 6.45) is -0.756. The number of carboxylic acid groups (broad SMARTS) is 1. The van der Waals surface area contributed by atoms with E-state index in [4.69, 9.17) is 9.84 Å². The Bertz CT molecular complexity index is 625. The predicted octanol–water partition coefficient (Wildman–Crippen LogP) is 3.30. The van der Waals surface area contributed by atoms with Crippen LogP contribution in [-0.2, 0) is 11.4 Å². The fourth-order valence-electron chi connectivity index (χ4n) is 1.99. The van der Waals surface area contributed by atoms with Crippen molar-refractivity contribution in [3.63, 3.8) is 0 Å². The molecular weight excluding hydrogens is 287 g/mol. The number of aliphatic hydroxyl groups is 1. The summed E-state index contributed by atoms with van der Waals surface area (Å²) >= 11 is 0. The van der Waals surface area contributed by atoms with Crippen molar-refractivity contribution >= 4 is 5.97 Å². The molecule has 0 spiro atoms. The van der Waals surface area contributed by atoms with Gasteiger partial charge in [-0.3, -0.25) is 4.79 Å². The van der Waals surface area contributed by atoms with E-state index in [1.165, 1.54) is 6.07 Å². The highest BCUT2D eigenvalue weighted by atomic mass is 19.1. The molecule has 2 aromatic carbocycles. The minimum absolute atomic E-state index is 0.0906. The number of hydrogen-bond donors (Lipinski definition) is 2. The third-order valence-electron chi connectivity index (χ3n) is 3.25. The van der Waals surface area contributed by atoms with Crippen LogP contribution in [0.2, 0.25) is 0 Å². The number of aliphatic carboxylic acids is 1. The molecule has 0 aliphatic heterocycles. The second kappa shape index (κ2) is 7.56. The van der Waals surface area contributed by atoms with E-state index in [0.717, 1.165) is 0 Å². The highest BCUT2D eigenvalue weighted by molar-refractivity contribution is 5.66. The first kappa shape index (κ1) is 16.0. The normalized spacial score (nSPS) is 11.9. The third-order valence-corrected chi connectivity index (χ3v) is 3.25. The largest absolute Gasteiger partial charge is 0.489 e. The van der Waals surface area contributed by atoms with Crippen LogP contribution in [0.1, 0.15) is 30.1 Å². The maximum Gasteiger partial charge on any atom is 0.303 e. The number of aliphatic hydroxyl groups excluding tert-OH is 1. The Labute approximate surface area is 127 Å². The summed E-state index contributed by atoms with van der Waals surface area (Å²) in [4.78, 5) is 10.5. The molecule has 0 saturated carbocycles. The van der Waals surface area contributed by atoms with Gasteiger partial charge in [-0.2, -0.15) is 0 Å². The van der Waals surface area contributed by atoms with Crippen LogP contribution < -0.4 is 4.74 Å². The van der Waals surface area contributed by atoms with Crippen LogP contribution >= 0.6 is 0 Å². The molecule has 0 radical (unpaired) electrons. The lowest BCUT2D eigenvalue weighted by Crippen LogP contribution is -2.03. The molecule has 22 heavy (non-hydrogen) atoms. The summed E-state index contributed by atoms with van der Waals surface area (Å²) in [5.74, 6) is -0.704. The molecule has 0 saturated heterocycles. The second-order valence-electron chi connectivity index (χ2n) is 4.90. The van der Waals surface area contributed by atoms with Crippen LogP contribution in [0.15, 0.2) is 48.5 Å². The second-order valence-corrected chi connectivity index (χ2v) is 4.90. The smallest absolute Gasteiger partial charge is 0.303 e. The summed E-state index contributed by atoms with van der Waals surface area (Å²) in [6, 6.07) is 13.1. The summed E-state index contributed by atoms with van der Waals surface area (Å²) < 4.78 is 18.9. The first-order valence-corrected chi connectivity index (χ1v) is 6.92. The Kier molecular flexibility index (Phi) is 5.49. The standard InChI is InChI=1S/C17H17FO4/c18-15-4-2-1-3-13(15)11-22-14-7-5-12(6-8-14)16(19)9-10-17(20)21/h1-8,16,19H,9-11H2,(H,20,21). The van der Waals surface area contributed by atoms with Gasteiger partial charge in [0.1, 0.15) is 18.2 Å². The van der Waals surface area contributed by atoms with Gasteiger partial charge in [0.2, 0.25) is 0 Å². The number of carboxylic acids is 1. The van der Waals surface area contributed by atoms with Gasteiger partial charge in [-0.15, -0.1) is 0 Å². The molecule has 0 fully saturated rings. The first-order chi connectivity index (χ1) is 10.6. The minimum atomic E-state index is -0.941. The molecular formula is C17H17FO4. The van der Waals surface area contributed by atoms with Crippen molar-refractivity contribution in [3.8, 4) is 5.75 Å². The van der Waals surface area contributed by atoms with Gasteiger partial charge < -0.3 is 14.9 Å². The van der Waals surface area contributed by atoms with E-state index in [2.05, 4.69) is 0 Å². The van der Waals surface area contributed by atoms with Crippen molar-refractivity contribution in [3.05, 3.63) is 65.5 Å². The zero-order valence-corrected chi connectivity index (χ0v) is 11.9. The molecule has 1 atom stereocenters. The van der Waals surface area contributed by atoms with Gasteiger partial charge >= 0.3 is 5.97 Å². The number of ether oxygens (including phenoxy) is 1. The number of rotatable bonds is 7. The van der Waals surface area contributed by atoms with Crippen LogP contribution in [0.25, 0.3) is 0 Å². The molecule has 116 valence electrons. The molecule has 4 nitrogen and oxygen atoms in total. The molecule has 5 heteroatoms. The zero-order valence-electron chi connectivity index (χ0n) is 11.9. The van der Waals surface area contributed by atoms with E-state index in [0.29, 0.717) is 16.9 Å². The Hall–Kier alpha value is -2.40. The molecule has 0 bridgehead atoms. The SMILES string of the molecule is O=C(O)CCC(O)c1ccc(OCc2ccccc2F)cc1. The highest BCUT2D eigenvalue weighted by Gasteiger charge is 2.10. The lowest BCUT2D eigenvalue weighted by Gasteiger charge is -2.11. The first-order valence-electron chi connectivity index (χ1n) is 6.92. The van der Waals surface area contributed by atoms with Crippen molar-refractivity contribution in [1.82, 2.24) is 0 Å². The van der Waals surface area contributed by atoms with Gasteiger partial charge in [-0.05, 0) is 30.2 Å². The Morgan fingerprint density at radius 2 is 1.82 bits per heavy atom. The highest BCUT2D eigenvalue weighted by Crippen LogP contribution is 2.22. The molecule has 2 aromatic rings. The van der Waals surface area contributed by atoms with Gasteiger partial charge in [0.25, 0.3) is 0 Å². The average Bonchev–Trinajstić information content (AvgIpc) is 2.52. The predicted molar refractivity (Wildman–Crippen MR) is 79.0 cm³/mol. The maximum atomic E-state index is 13.5. The van der Waals surface area contributed by atoms with Crippen molar-refractivity contribution < 1.29 is 24.1 Å². The van der Waals surface area contributed by atoms with Gasteiger partial charge in [-0.25, -0.2) is 4.39 Å². The van der Waals surface area contributed by atoms with E-state index >= 15 is 0 Å². The van der Waals surface area contributed by atoms with E-state index in [-0.39, 0.29) is 25.3 Å². The van der Waals surface area contributed by atoms with Crippen LogP contribution in [0.4, 0.5) is 4.39 Å². The number of halogens is 1. The molecule has 0 amide bonds. The number of hydrogen-bond acceptors (Lipinski definition) is 3. The third kappa shape index (κ3) is 4.56. The summed E-state index contributed by atoms with van der Waals surface area (Å²) in [5, 5.41) is 18.4. The molecule has 0 aliphatic rings. The van der Waals surface area contributed by atoms with Gasteiger partial charge in [-0.1, -0.05) is 30.3 Å². The maximum absolute atomic E-state index is 13.5. The van der Waals surface area contributed by atoms with Gasteiger partial charge in [0, 0.05) is 12.0 Å². The summed E-state index contributed by atoms with van der Waals surface area (Å²) in [6.45, 7) is 0.119. The van der Waals surface area contributed by atoms with Crippen molar-refractivity contribution in [2.45, 2.75) is 25.6 Å². The fraction of sp³-hybridized carbons (Fsp3) is 0.235. The van der Waals surface area contributed by atoms with Gasteiger partial charge in [0.05, 0.1) is 6.10 Å². The van der Waals surface area contributed by atoms with Crippen LogP contribution in [0.3, 0.4) is 0 Å². The van der Waals surface area contributed by atoms with E-state index in [9.17, 15) is 14.3 Å². The number of benzene rings is 2. The van der Waals surface area contributed by atoms with Crippen LogP contribution in [-0.4, -0.2) is 16.2 Å². The topological polar surface area (TPSA) is 66.8 Å². The summed E-state index contributed by atoms with van der Waals surface area (Å²) in [7, 11) is 0. The molecule has 1 unspecified atom stereocenters. The fourth-order valence-corrected chi connectivity index (χ4v) is 1.99. The van der Waals surface area contributed by atoms with Gasteiger partial charge in [0.15, 0.2) is 0 Å². The van der Waals surface area contributed by atoms with Crippen molar-refractivity contribution in [2.24, 2.45) is 0 Å².